The number of anilines is 1. The van der Waals surface area contributed by atoms with Gasteiger partial charge in [0.25, 0.3) is 11.8 Å². The van der Waals surface area contributed by atoms with Gasteiger partial charge in [-0.05, 0) is 33.4 Å². The van der Waals surface area contributed by atoms with Crippen LogP contribution in [0, 0.1) is 0 Å². The van der Waals surface area contributed by atoms with Crippen LogP contribution in [-0.2, 0) is 34.2 Å². The van der Waals surface area contributed by atoms with Crippen molar-refractivity contribution in [2.24, 2.45) is 5.16 Å². The summed E-state index contributed by atoms with van der Waals surface area (Å²) in [6.45, 7) is 0.310. The number of thioether (sulfide) groups is 1. The topological polar surface area (TPSA) is 131 Å². The number of allylic oxidation sites excluding steroid dienone is 1. The number of nitrogens with zero attached hydrogens (tertiary/aromatic N) is 3. The summed E-state index contributed by atoms with van der Waals surface area (Å²) in [6, 6.07) is 48.3. The van der Waals surface area contributed by atoms with Gasteiger partial charge in [-0.1, -0.05) is 169 Å². The summed E-state index contributed by atoms with van der Waals surface area (Å²) < 4.78 is 11.5. The van der Waals surface area contributed by atoms with E-state index in [4.69, 9.17) is 19.3 Å². The summed E-state index contributed by atoms with van der Waals surface area (Å²) in [5.41, 5.74) is 4.53. The highest BCUT2D eigenvalue weighted by molar-refractivity contribution is 8.00. The molecule has 1 unspecified atom stereocenters. The van der Waals surface area contributed by atoms with Crippen LogP contribution >= 0.6 is 23.1 Å². The summed E-state index contributed by atoms with van der Waals surface area (Å²) in [4.78, 5) is 54.1. The van der Waals surface area contributed by atoms with Gasteiger partial charge in [0.1, 0.15) is 35.5 Å². The van der Waals surface area contributed by atoms with Crippen LogP contribution in [0.4, 0.5) is 5.13 Å². The van der Waals surface area contributed by atoms with E-state index in [0.29, 0.717) is 23.1 Å². The van der Waals surface area contributed by atoms with E-state index in [1.165, 1.54) is 35.1 Å². The van der Waals surface area contributed by atoms with Crippen LogP contribution in [-0.4, -0.2) is 71.4 Å². The number of hydrogen-bond donors (Lipinski definition) is 2. The van der Waals surface area contributed by atoms with E-state index in [2.05, 4.69) is 52.2 Å². The number of benzene rings is 5. The average Bonchev–Trinajstić information content (AvgIpc) is 3.79. The molecule has 62 heavy (non-hydrogen) atoms. The summed E-state index contributed by atoms with van der Waals surface area (Å²) in [5, 5.41) is 12.3. The highest BCUT2D eigenvalue weighted by Gasteiger charge is 2.55. The number of aromatic nitrogens is 1. The number of methoxy groups -OCH3 is 1. The molecule has 8 rings (SSSR count). The Kier molecular flexibility index (Phi) is 13.0. The second-order valence-corrected chi connectivity index (χ2v) is 16.3. The zero-order valence-electron chi connectivity index (χ0n) is 33.9. The second-order valence-electron chi connectivity index (χ2n) is 14.3. The lowest BCUT2D eigenvalue weighted by Crippen LogP contribution is -2.71. The summed E-state index contributed by atoms with van der Waals surface area (Å²) in [6.07, 6.45) is 2.83. The van der Waals surface area contributed by atoms with E-state index in [9.17, 15) is 14.4 Å². The van der Waals surface area contributed by atoms with Crippen molar-refractivity contribution in [3.63, 3.8) is 0 Å². The highest BCUT2D eigenvalue weighted by atomic mass is 32.2. The van der Waals surface area contributed by atoms with E-state index >= 15 is 0 Å². The van der Waals surface area contributed by atoms with Crippen molar-refractivity contribution in [3.8, 4) is 0 Å². The Morgan fingerprint density at radius 1 is 0.823 bits per heavy atom. The van der Waals surface area contributed by atoms with Gasteiger partial charge in [-0.15, -0.1) is 23.1 Å². The fourth-order valence-corrected chi connectivity index (χ4v) is 9.75. The maximum absolute atomic E-state index is 14.3. The minimum absolute atomic E-state index is 0.111. The van der Waals surface area contributed by atoms with Gasteiger partial charge in [0, 0.05) is 18.2 Å². The van der Waals surface area contributed by atoms with Gasteiger partial charge in [0.15, 0.2) is 16.9 Å². The van der Waals surface area contributed by atoms with Crippen LogP contribution in [0.1, 0.15) is 39.6 Å². The molecule has 0 aliphatic carbocycles. The molecule has 312 valence electrons. The van der Waals surface area contributed by atoms with Crippen molar-refractivity contribution in [2.45, 2.75) is 23.1 Å². The first kappa shape index (κ1) is 41.9. The molecule has 13 heteroatoms. The van der Waals surface area contributed by atoms with E-state index < -0.39 is 40.8 Å². The Balaban J connectivity index is 1.05. The normalized spacial score (nSPS) is 16.5. The first-order chi connectivity index (χ1) is 30.4. The van der Waals surface area contributed by atoms with E-state index in [1.807, 2.05) is 115 Å². The zero-order valence-corrected chi connectivity index (χ0v) is 35.6. The fraction of sp³-hybridized carbons (Fsp3) is 0.163. The van der Waals surface area contributed by atoms with Crippen molar-refractivity contribution < 1.29 is 28.7 Å². The summed E-state index contributed by atoms with van der Waals surface area (Å²) in [5.74, 6) is -1.41. The quantitative estimate of drug-likeness (QED) is 0.0326. The monoisotopic (exact) mass is 861 g/mol. The fourth-order valence-electron chi connectivity index (χ4n) is 7.68. The van der Waals surface area contributed by atoms with Crippen molar-refractivity contribution in [1.82, 2.24) is 15.2 Å². The number of esters is 1. The van der Waals surface area contributed by atoms with Gasteiger partial charge in [-0.3, -0.25) is 14.5 Å². The van der Waals surface area contributed by atoms with Crippen LogP contribution in [0.15, 0.2) is 186 Å². The number of carbonyl (C=O) groups is 3. The largest absolute Gasteiger partial charge is 0.448 e. The van der Waals surface area contributed by atoms with Crippen LogP contribution in [0.5, 0.6) is 0 Å². The predicted octanol–water partition coefficient (Wildman–Crippen LogP) is 8.09. The smallest absolute Gasteiger partial charge is 0.356 e. The molecular weight excluding hydrogens is 819 g/mol. The first-order valence-electron chi connectivity index (χ1n) is 19.9. The number of carbonyl (C=O) groups excluding carboxylic acids is 3. The molecule has 0 saturated carbocycles. The number of ether oxygens (including phenoxy) is 2. The van der Waals surface area contributed by atoms with Gasteiger partial charge in [0.05, 0.1) is 6.61 Å². The minimum atomic E-state index is -0.973. The van der Waals surface area contributed by atoms with Crippen molar-refractivity contribution in [1.29, 1.82) is 0 Å². The number of amides is 2. The third kappa shape index (κ3) is 8.55. The molecule has 2 N–H and O–H groups in total. The molecule has 1 fully saturated rings. The van der Waals surface area contributed by atoms with Gasteiger partial charge < -0.3 is 24.9 Å². The molecule has 2 amide bonds. The number of β-lactam (4-membered cyclic amide) rings is 1. The molecule has 5 aromatic carbocycles. The van der Waals surface area contributed by atoms with Gasteiger partial charge in [-0.2, -0.15) is 0 Å². The molecule has 2 aliphatic rings. The van der Waals surface area contributed by atoms with Crippen molar-refractivity contribution in [2.75, 3.05) is 31.9 Å². The third-order valence-corrected chi connectivity index (χ3v) is 12.6. The Morgan fingerprint density at radius 2 is 1.35 bits per heavy atom. The minimum Gasteiger partial charge on any atom is -0.448 e. The van der Waals surface area contributed by atoms with Crippen molar-refractivity contribution >= 4 is 51.7 Å². The number of thiazole rings is 1. The molecule has 3 heterocycles. The Bertz CT molecular complexity index is 2450. The Morgan fingerprint density at radius 3 is 1.87 bits per heavy atom. The lowest BCUT2D eigenvalue weighted by Gasteiger charge is -2.49. The molecule has 0 bridgehead atoms. The molecule has 1 saturated heterocycles. The predicted molar refractivity (Wildman–Crippen MR) is 242 cm³/mol. The van der Waals surface area contributed by atoms with Crippen LogP contribution in [0.25, 0.3) is 0 Å². The summed E-state index contributed by atoms with van der Waals surface area (Å²) in [7, 11) is 2.92. The lowest BCUT2D eigenvalue weighted by atomic mass is 9.77. The SMILES string of the molecule is COC/C=C\C1=C(C(=O)OC(c2ccccc2)c2ccccc2)N2C(=O)C(NC(=O)/C(=N\OC)c3csc(NC(c4ccccc4)(c4ccccc4)c4ccccc4)n3)[C@@H]2SC1. The van der Waals surface area contributed by atoms with E-state index in [-0.39, 0.29) is 17.1 Å². The molecule has 11 nitrogen and oxygen atoms in total. The molecule has 0 spiro atoms. The van der Waals surface area contributed by atoms with E-state index in [0.717, 1.165) is 27.8 Å². The number of rotatable bonds is 16. The number of hydrogen-bond acceptors (Lipinski definition) is 11. The molecule has 2 atom stereocenters. The molecule has 0 radical (unpaired) electrons. The van der Waals surface area contributed by atoms with Crippen LogP contribution in [0.2, 0.25) is 0 Å². The summed E-state index contributed by atoms with van der Waals surface area (Å²) >= 11 is 2.74. The number of nitrogens with one attached hydrogen (secondary N) is 2. The standard InChI is InChI=1S/C49H43N5O6S2/c1-58-30-18-23-35-31-61-46-41(45(56)54(46)42(35)47(57)60-43(33-19-8-3-9-20-33)34-21-10-4-11-22-34)51-44(55)40(53-59-2)39-32-62-48(50-39)52-49(36-24-12-5-13-25-36,37-26-14-6-15-27-37)38-28-16-7-17-29-38/h3-29,32,41,43,46H,30-31H2,1-2H3,(H,50,52)(H,51,55)/b23-18-,53-40-/t41?,46-/m0/s1. The van der Waals surface area contributed by atoms with Crippen molar-refractivity contribution in [3.05, 3.63) is 214 Å². The first-order valence-corrected chi connectivity index (χ1v) is 21.8. The Hall–Kier alpha value is -6.80. The zero-order chi connectivity index (χ0) is 42.9. The third-order valence-electron chi connectivity index (χ3n) is 10.5. The molecule has 6 aromatic rings. The second kappa shape index (κ2) is 19.3. The number of fused-ring (bicyclic) bond motifs is 1. The molecular formula is C49H43N5O6S2. The Labute approximate surface area is 368 Å². The number of oxime groups is 1. The highest BCUT2D eigenvalue weighted by Crippen LogP contribution is 2.43. The van der Waals surface area contributed by atoms with Gasteiger partial charge in [-0.25, -0.2) is 9.78 Å². The van der Waals surface area contributed by atoms with Gasteiger partial charge in [0.2, 0.25) is 0 Å². The van der Waals surface area contributed by atoms with Crippen LogP contribution < -0.4 is 10.6 Å². The van der Waals surface area contributed by atoms with Crippen LogP contribution in [0.3, 0.4) is 0 Å². The van der Waals surface area contributed by atoms with Gasteiger partial charge >= 0.3 is 5.97 Å². The molecule has 2 aliphatic heterocycles. The average molecular weight is 862 g/mol. The lowest BCUT2D eigenvalue weighted by molar-refractivity contribution is -0.154. The molecule has 1 aromatic heterocycles. The maximum Gasteiger partial charge on any atom is 0.356 e. The maximum atomic E-state index is 14.3. The van der Waals surface area contributed by atoms with E-state index in [1.54, 1.807) is 24.6 Å².